The third-order valence-corrected chi connectivity index (χ3v) is 3.95. The second-order valence-electron chi connectivity index (χ2n) is 5.88. The van der Waals surface area contributed by atoms with Crippen LogP contribution < -0.4 is 16.0 Å². The molecule has 0 aliphatic rings. The van der Waals surface area contributed by atoms with Crippen molar-refractivity contribution in [2.75, 3.05) is 6.54 Å². The normalized spacial score (nSPS) is 12.9. The van der Waals surface area contributed by atoms with Gasteiger partial charge in [0.1, 0.15) is 17.7 Å². The molecule has 2 aromatic rings. The zero-order chi connectivity index (χ0) is 19.1. The largest absolute Gasteiger partial charge is 0.338 e. The van der Waals surface area contributed by atoms with Gasteiger partial charge in [-0.25, -0.2) is 13.6 Å². The molecule has 2 rings (SSSR count). The molecule has 0 saturated heterocycles. The van der Waals surface area contributed by atoms with Crippen LogP contribution in [0.4, 0.5) is 13.6 Å². The van der Waals surface area contributed by atoms with Gasteiger partial charge in [-0.3, -0.25) is 10.1 Å². The summed E-state index contributed by atoms with van der Waals surface area (Å²) in [4.78, 5) is 24.3. The average Bonchev–Trinajstić information content (AvgIpc) is 2.60. The lowest BCUT2D eigenvalue weighted by atomic mass is 10.0. The third kappa shape index (κ3) is 5.10. The molecule has 0 saturated carbocycles. The lowest BCUT2D eigenvalue weighted by Gasteiger charge is -2.20. The second kappa shape index (κ2) is 9.05. The maximum atomic E-state index is 14.0. The average molecular weight is 362 g/mol. The fourth-order valence-electron chi connectivity index (χ4n) is 2.67. The fraction of sp³-hybridized carbons (Fsp3) is 0.263. The summed E-state index contributed by atoms with van der Waals surface area (Å²) in [5.41, 5.74) is 0.946. The number of quaternary nitrogens is 1. The molecule has 0 aliphatic carbocycles. The van der Waals surface area contributed by atoms with Crippen LogP contribution in [0.25, 0.3) is 0 Å². The van der Waals surface area contributed by atoms with Crippen molar-refractivity contribution >= 4 is 11.9 Å². The Morgan fingerprint density at radius 3 is 2.42 bits per heavy atom. The van der Waals surface area contributed by atoms with Gasteiger partial charge in [-0.15, -0.1) is 0 Å². The Balaban J connectivity index is 2.23. The number of hydrogen-bond acceptors (Lipinski definition) is 2. The Bertz CT molecular complexity index is 769. The number of nitrogens with two attached hydrogens (primary N) is 1. The smallest absolute Gasteiger partial charge is 0.321 e. The predicted molar refractivity (Wildman–Crippen MR) is 93.1 cm³/mol. The zero-order valence-electron chi connectivity index (χ0n) is 14.6. The van der Waals surface area contributed by atoms with E-state index in [0.717, 1.165) is 6.07 Å². The molecule has 138 valence electrons. The van der Waals surface area contributed by atoms with Crippen LogP contribution in [0.5, 0.6) is 0 Å². The van der Waals surface area contributed by atoms with Gasteiger partial charge in [-0.2, -0.15) is 0 Å². The van der Waals surface area contributed by atoms with Crippen molar-refractivity contribution in [3.63, 3.8) is 0 Å². The third-order valence-electron chi connectivity index (χ3n) is 3.95. The van der Waals surface area contributed by atoms with Crippen molar-refractivity contribution in [1.29, 1.82) is 0 Å². The first-order valence-electron chi connectivity index (χ1n) is 8.36. The number of nitrogens with one attached hydrogen (secondary N) is 2. The number of carbonyl (C=O) groups excluding carboxylic acids is 2. The molecule has 0 aromatic heterocycles. The summed E-state index contributed by atoms with van der Waals surface area (Å²) >= 11 is 0. The van der Waals surface area contributed by atoms with E-state index in [9.17, 15) is 18.4 Å². The van der Waals surface area contributed by atoms with E-state index in [0.29, 0.717) is 12.1 Å². The van der Waals surface area contributed by atoms with Gasteiger partial charge in [0.05, 0.1) is 0 Å². The van der Waals surface area contributed by atoms with Crippen molar-refractivity contribution in [3.05, 3.63) is 71.3 Å². The molecular formula is C19H22F2N3O2+. The van der Waals surface area contributed by atoms with E-state index in [4.69, 9.17) is 0 Å². The molecule has 3 amide bonds. The number of halogens is 2. The summed E-state index contributed by atoms with van der Waals surface area (Å²) in [6, 6.07) is 10.4. The molecule has 2 aromatic carbocycles. The zero-order valence-corrected chi connectivity index (χ0v) is 14.6. The molecule has 5 nitrogen and oxygen atoms in total. The van der Waals surface area contributed by atoms with E-state index < -0.39 is 35.7 Å². The van der Waals surface area contributed by atoms with Crippen LogP contribution >= 0.6 is 0 Å². The number of rotatable bonds is 6. The van der Waals surface area contributed by atoms with E-state index in [1.165, 1.54) is 12.1 Å². The van der Waals surface area contributed by atoms with Crippen molar-refractivity contribution in [3.8, 4) is 0 Å². The van der Waals surface area contributed by atoms with Crippen LogP contribution in [-0.2, 0) is 4.79 Å². The van der Waals surface area contributed by atoms with Crippen molar-refractivity contribution < 1.29 is 23.7 Å². The Kier molecular flexibility index (Phi) is 6.80. The van der Waals surface area contributed by atoms with Crippen molar-refractivity contribution in [2.24, 2.45) is 0 Å². The van der Waals surface area contributed by atoms with E-state index >= 15 is 0 Å². The highest BCUT2D eigenvalue weighted by Gasteiger charge is 2.29. The minimum atomic E-state index is -0.766. The number of hydrogen-bond donors (Lipinski definition) is 3. The minimum absolute atomic E-state index is 0.276. The highest BCUT2D eigenvalue weighted by Crippen LogP contribution is 2.17. The molecule has 0 aliphatic heterocycles. The van der Waals surface area contributed by atoms with Crippen LogP contribution in [-0.4, -0.2) is 18.5 Å². The van der Waals surface area contributed by atoms with E-state index in [-0.39, 0.29) is 5.56 Å². The maximum Gasteiger partial charge on any atom is 0.321 e. The number of amides is 3. The molecule has 26 heavy (non-hydrogen) atoms. The molecule has 7 heteroatoms. The first-order chi connectivity index (χ1) is 12.4. The van der Waals surface area contributed by atoms with Gasteiger partial charge in [0.25, 0.3) is 5.91 Å². The van der Waals surface area contributed by atoms with Crippen LogP contribution in [0, 0.1) is 11.6 Å². The molecule has 0 unspecified atom stereocenters. The van der Waals surface area contributed by atoms with Crippen LogP contribution in [0.1, 0.15) is 37.1 Å². The second-order valence-corrected chi connectivity index (χ2v) is 5.88. The molecule has 2 atom stereocenters. The van der Waals surface area contributed by atoms with E-state index in [1.807, 2.05) is 6.07 Å². The molecule has 0 bridgehead atoms. The van der Waals surface area contributed by atoms with Gasteiger partial charge < -0.3 is 10.6 Å². The summed E-state index contributed by atoms with van der Waals surface area (Å²) in [7, 11) is 0. The van der Waals surface area contributed by atoms with Gasteiger partial charge in [-0.1, -0.05) is 30.3 Å². The van der Waals surface area contributed by atoms with Gasteiger partial charge in [0.15, 0.2) is 6.04 Å². The summed E-state index contributed by atoms with van der Waals surface area (Å²) < 4.78 is 27.2. The molecule has 0 radical (unpaired) electrons. The Morgan fingerprint density at radius 1 is 1.12 bits per heavy atom. The lowest BCUT2D eigenvalue weighted by molar-refractivity contribution is -0.719. The van der Waals surface area contributed by atoms with Crippen molar-refractivity contribution in [1.82, 2.24) is 10.6 Å². The Hall–Kier alpha value is -2.80. The molecule has 0 spiro atoms. The highest BCUT2D eigenvalue weighted by atomic mass is 19.1. The molecule has 0 heterocycles. The predicted octanol–water partition coefficient (Wildman–Crippen LogP) is 2.18. The summed E-state index contributed by atoms with van der Waals surface area (Å²) in [6.45, 7) is 3.84. The number of imide groups is 1. The van der Waals surface area contributed by atoms with Crippen LogP contribution in [0.15, 0.2) is 48.5 Å². The van der Waals surface area contributed by atoms with Crippen LogP contribution in [0.2, 0.25) is 0 Å². The molecular weight excluding hydrogens is 340 g/mol. The molecule has 0 fully saturated rings. The monoisotopic (exact) mass is 362 g/mol. The summed E-state index contributed by atoms with van der Waals surface area (Å²) in [5.74, 6) is -1.85. The summed E-state index contributed by atoms with van der Waals surface area (Å²) in [6.07, 6.45) is 0. The minimum Gasteiger partial charge on any atom is -0.338 e. The number of carbonyl (C=O) groups is 2. The lowest BCUT2D eigenvalue weighted by Crippen LogP contribution is -2.88. The topological polar surface area (TPSA) is 74.8 Å². The van der Waals surface area contributed by atoms with Gasteiger partial charge in [0.2, 0.25) is 0 Å². The van der Waals surface area contributed by atoms with Gasteiger partial charge in [-0.05, 0) is 26.0 Å². The van der Waals surface area contributed by atoms with E-state index in [1.54, 1.807) is 43.4 Å². The standard InChI is InChI=1S/C19H21F2N3O2/c1-3-22-19(26)24-18(25)17(13-7-5-4-6-8-13)23-12(2)15-10-9-14(20)11-16(15)21/h4-12,17,23H,3H2,1-2H3,(H2,22,24,25,26)/p+1/t12-,17+/m0/s1. The fourth-order valence-corrected chi connectivity index (χ4v) is 2.67. The first-order valence-corrected chi connectivity index (χ1v) is 8.36. The molecule has 4 N–H and O–H groups in total. The van der Waals surface area contributed by atoms with Gasteiger partial charge >= 0.3 is 6.03 Å². The number of urea groups is 1. The number of benzene rings is 2. The first kappa shape index (κ1) is 19.5. The highest BCUT2D eigenvalue weighted by molar-refractivity contribution is 5.96. The maximum absolute atomic E-state index is 14.0. The summed E-state index contributed by atoms with van der Waals surface area (Å²) in [5, 5.41) is 6.42. The SMILES string of the molecule is CCNC(=O)NC(=O)[C@H]([NH2+][C@@H](C)c1ccc(F)cc1F)c1ccccc1. The van der Waals surface area contributed by atoms with Crippen LogP contribution in [0.3, 0.4) is 0 Å². The van der Waals surface area contributed by atoms with Gasteiger partial charge in [0, 0.05) is 23.7 Å². The Morgan fingerprint density at radius 2 is 1.81 bits per heavy atom. The van der Waals surface area contributed by atoms with E-state index in [2.05, 4.69) is 10.6 Å². The van der Waals surface area contributed by atoms with Crippen molar-refractivity contribution in [2.45, 2.75) is 25.9 Å². The quantitative estimate of drug-likeness (QED) is 0.737. The Labute approximate surface area is 150 Å².